The molecule has 0 saturated carbocycles. The van der Waals surface area contributed by atoms with Gasteiger partial charge in [-0.2, -0.15) is 0 Å². The third-order valence-corrected chi connectivity index (χ3v) is 2.03. The van der Waals surface area contributed by atoms with Crippen LogP contribution in [-0.2, 0) is 6.61 Å². The molecule has 0 amide bonds. The average Bonchev–Trinajstić information content (AvgIpc) is 2.09. The molecule has 0 bridgehead atoms. The molecule has 0 fully saturated rings. The molecule has 0 aliphatic heterocycles. The van der Waals surface area contributed by atoms with E-state index in [4.69, 9.17) is 16.7 Å². The van der Waals surface area contributed by atoms with Gasteiger partial charge in [0.05, 0.1) is 11.6 Å². The first kappa shape index (κ1) is 10.3. The van der Waals surface area contributed by atoms with E-state index in [1.165, 1.54) is 0 Å². The second-order valence-electron chi connectivity index (χ2n) is 2.39. The zero-order chi connectivity index (χ0) is 10.0. The van der Waals surface area contributed by atoms with E-state index in [2.05, 4.69) is 0 Å². The molecule has 0 aliphatic carbocycles. The van der Waals surface area contributed by atoms with Gasteiger partial charge in [0.2, 0.25) is 0 Å². The van der Waals surface area contributed by atoms with Gasteiger partial charge in [-0.3, -0.25) is 0 Å². The molecule has 0 saturated heterocycles. The van der Waals surface area contributed by atoms with Gasteiger partial charge in [0, 0.05) is 11.1 Å². The van der Waals surface area contributed by atoms with Crippen LogP contribution in [0, 0.1) is 5.82 Å². The van der Waals surface area contributed by atoms with Gasteiger partial charge in [-0.15, -0.1) is 0 Å². The Kier molecular flexibility index (Phi) is 3.17. The predicted octanol–water partition coefficient (Wildman–Crippen LogP) is 2.91. The fraction of sp³-hybridized carbons (Fsp3) is 0.250. The summed E-state index contributed by atoms with van der Waals surface area (Å²) in [6.07, 6.45) is -2.76. The zero-order valence-corrected chi connectivity index (χ0v) is 7.15. The van der Waals surface area contributed by atoms with Gasteiger partial charge in [0.15, 0.2) is 0 Å². The van der Waals surface area contributed by atoms with E-state index in [0.29, 0.717) is 0 Å². The first-order valence-electron chi connectivity index (χ1n) is 3.43. The first-order chi connectivity index (χ1) is 6.07. The van der Waals surface area contributed by atoms with E-state index in [0.717, 1.165) is 12.1 Å². The van der Waals surface area contributed by atoms with E-state index in [9.17, 15) is 13.2 Å². The molecule has 1 rings (SSSR count). The number of aliphatic hydroxyl groups is 1. The Morgan fingerprint density at radius 3 is 2.46 bits per heavy atom. The summed E-state index contributed by atoms with van der Waals surface area (Å²) in [5.74, 6) is -0.810. The molecule has 1 N–H and O–H groups in total. The molecule has 0 heterocycles. The summed E-state index contributed by atoms with van der Waals surface area (Å²) in [6, 6.07) is 1.76. The Hall–Kier alpha value is -0.740. The lowest BCUT2D eigenvalue weighted by Crippen LogP contribution is -1.97. The lowest BCUT2D eigenvalue weighted by Gasteiger charge is -2.08. The Morgan fingerprint density at radius 1 is 1.38 bits per heavy atom. The molecule has 0 radical (unpaired) electrons. The Bertz CT molecular complexity index is 315. The van der Waals surface area contributed by atoms with Gasteiger partial charge in [0.25, 0.3) is 6.43 Å². The Morgan fingerprint density at radius 2 is 2.00 bits per heavy atom. The van der Waals surface area contributed by atoms with Gasteiger partial charge in [-0.05, 0) is 12.1 Å². The quantitative estimate of drug-likeness (QED) is 0.796. The average molecular weight is 211 g/mol. The van der Waals surface area contributed by atoms with Gasteiger partial charge in [0.1, 0.15) is 5.82 Å². The number of rotatable bonds is 2. The molecule has 5 heteroatoms. The predicted molar refractivity (Wildman–Crippen MR) is 42.3 cm³/mol. The summed E-state index contributed by atoms with van der Waals surface area (Å²) in [4.78, 5) is 0. The molecule has 0 atom stereocenters. The topological polar surface area (TPSA) is 20.2 Å². The van der Waals surface area contributed by atoms with Crippen LogP contribution in [0.4, 0.5) is 13.2 Å². The molecular weight excluding hydrogens is 205 g/mol. The Balaban J connectivity index is 3.30. The third kappa shape index (κ3) is 1.95. The number of hydrogen-bond donors (Lipinski definition) is 1. The van der Waals surface area contributed by atoms with Gasteiger partial charge in [-0.1, -0.05) is 11.6 Å². The van der Waals surface area contributed by atoms with E-state index < -0.39 is 29.4 Å². The smallest absolute Gasteiger partial charge is 0.264 e. The second kappa shape index (κ2) is 3.98. The highest BCUT2D eigenvalue weighted by molar-refractivity contribution is 6.31. The highest BCUT2D eigenvalue weighted by atomic mass is 35.5. The minimum Gasteiger partial charge on any atom is -0.392 e. The van der Waals surface area contributed by atoms with Crippen LogP contribution in [0.5, 0.6) is 0 Å². The summed E-state index contributed by atoms with van der Waals surface area (Å²) in [6.45, 7) is -0.698. The number of alkyl halides is 2. The van der Waals surface area contributed by atoms with E-state index in [1.54, 1.807) is 0 Å². The molecule has 1 aromatic carbocycles. The fourth-order valence-corrected chi connectivity index (χ4v) is 1.20. The van der Waals surface area contributed by atoms with Crippen molar-refractivity contribution in [2.75, 3.05) is 0 Å². The molecule has 1 nitrogen and oxygen atoms in total. The highest BCUT2D eigenvalue weighted by Crippen LogP contribution is 2.30. The largest absolute Gasteiger partial charge is 0.392 e. The fourth-order valence-electron chi connectivity index (χ4n) is 0.973. The minimum atomic E-state index is -2.76. The van der Waals surface area contributed by atoms with Gasteiger partial charge >= 0.3 is 0 Å². The lowest BCUT2D eigenvalue weighted by atomic mass is 10.1. The van der Waals surface area contributed by atoms with Gasteiger partial charge < -0.3 is 5.11 Å². The monoisotopic (exact) mass is 210 g/mol. The van der Waals surface area contributed by atoms with E-state index >= 15 is 0 Å². The summed E-state index contributed by atoms with van der Waals surface area (Å²) < 4.78 is 37.2. The number of halogens is 4. The molecule has 0 spiro atoms. The van der Waals surface area contributed by atoms with Crippen LogP contribution >= 0.6 is 11.6 Å². The summed E-state index contributed by atoms with van der Waals surface area (Å²) >= 11 is 5.37. The van der Waals surface area contributed by atoms with Crippen molar-refractivity contribution in [2.24, 2.45) is 0 Å². The van der Waals surface area contributed by atoms with E-state index in [-0.39, 0.29) is 5.56 Å². The maximum Gasteiger partial charge on any atom is 0.264 e. The van der Waals surface area contributed by atoms with Crippen molar-refractivity contribution in [3.05, 3.63) is 34.1 Å². The van der Waals surface area contributed by atoms with E-state index in [1.807, 2.05) is 0 Å². The molecule has 0 aromatic heterocycles. The van der Waals surface area contributed by atoms with Crippen molar-refractivity contribution in [3.8, 4) is 0 Å². The van der Waals surface area contributed by atoms with Crippen molar-refractivity contribution in [3.63, 3.8) is 0 Å². The summed E-state index contributed by atoms with van der Waals surface area (Å²) in [5.41, 5.74) is -0.689. The molecule has 13 heavy (non-hydrogen) atoms. The molecule has 72 valence electrons. The van der Waals surface area contributed by atoms with Crippen molar-refractivity contribution < 1.29 is 18.3 Å². The lowest BCUT2D eigenvalue weighted by molar-refractivity contribution is 0.147. The maximum absolute atomic E-state index is 12.7. The van der Waals surface area contributed by atoms with Crippen LogP contribution in [0.25, 0.3) is 0 Å². The van der Waals surface area contributed by atoms with Crippen LogP contribution in [-0.4, -0.2) is 5.11 Å². The van der Waals surface area contributed by atoms with Crippen LogP contribution in [0.2, 0.25) is 5.02 Å². The highest BCUT2D eigenvalue weighted by Gasteiger charge is 2.17. The van der Waals surface area contributed by atoms with Crippen LogP contribution in [0.3, 0.4) is 0 Å². The standard InChI is InChI=1S/C8H6ClF3O/c9-7-5(3-13)4(8(11)12)1-2-6(7)10/h1-2,8,13H,3H2. The SMILES string of the molecule is OCc1c(C(F)F)ccc(F)c1Cl. The van der Waals surface area contributed by atoms with Crippen LogP contribution in [0.15, 0.2) is 12.1 Å². The normalized spacial score (nSPS) is 10.9. The molecular formula is C8H6ClF3O. The third-order valence-electron chi connectivity index (χ3n) is 1.63. The Labute approximate surface area is 77.8 Å². The number of hydrogen-bond acceptors (Lipinski definition) is 1. The molecule has 1 aromatic rings. The molecule has 0 aliphatic rings. The van der Waals surface area contributed by atoms with Crippen molar-refractivity contribution in [2.45, 2.75) is 13.0 Å². The van der Waals surface area contributed by atoms with Crippen LogP contribution < -0.4 is 0 Å². The van der Waals surface area contributed by atoms with Gasteiger partial charge in [-0.25, -0.2) is 13.2 Å². The van der Waals surface area contributed by atoms with Crippen molar-refractivity contribution in [1.29, 1.82) is 0 Å². The summed E-state index contributed by atoms with van der Waals surface area (Å²) in [5, 5.41) is 8.24. The zero-order valence-electron chi connectivity index (χ0n) is 6.40. The second-order valence-corrected chi connectivity index (χ2v) is 2.77. The van der Waals surface area contributed by atoms with Crippen molar-refractivity contribution >= 4 is 11.6 Å². The summed E-state index contributed by atoms with van der Waals surface area (Å²) in [7, 11) is 0. The number of aliphatic hydroxyl groups excluding tert-OH is 1. The number of benzene rings is 1. The minimum absolute atomic E-state index is 0.253. The first-order valence-corrected chi connectivity index (χ1v) is 3.81. The maximum atomic E-state index is 12.7. The molecule has 0 unspecified atom stereocenters. The van der Waals surface area contributed by atoms with Crippen molar-refractivity contribution in [1.82, 2.24) is 0 Å². The van der Waals surface area contributed by atoms with Crippen LogP contribution in [0.1, 0.15) is 17.6 Å².